The van der Waals surface area contributed by atoms with Crippen LogP contribution in [0.3, 0.4) is 0 Å². The molecule has 4 nitrogen and oxygen atoms in total. The highest BCUT2D eigenvalue weighted by Gasteiger charge is 2.30. The van der Waals surface area contributed by atoms with Crippen LogP contribution in [0.1, 0.15) is 5.56 Å². The van der Waals surface area contributed by atoms with Crippen LogP contribution in [0, 0.1) is 0 Å². The predicted octanol–water partition coefficient (Wildman–Crippen LogP) is 13.0. The van der Waals surface area contributed by atoms with Crippen molar-refractivity contribution in [2.75, 3.05) is 0 Å². The highest BCUT2D eigenvalue weighted by molar-refractivity contribution is 7.26. The van der Waals surface area contributed by atoms with Crippen LogP contribution in [0.15, 0.2) is 164 Å². The van der Waals surface area contributed by atoms with Gasteiger partial charge in [-0.3, -0.25) is 0 Å². The van der Waals surface area contributed by atoms with Crippen LogP contribution in [0.5, 0.6) is 0 Å². The molecule has 258 valence electrons. The molecular weight excluding hydrogens is 698 g/mol. The molecule has 0 aliphatic heterocycles. The monoisotopic (exact) mass is 724 g/mol. The number of rotatable bonds is 5. The fourth-order valence-corrected chi connectivity index (χ4v) is 8.53. The molecule has 0 aliphatic rings. The maximum atomic E-state index is 13.8. The lowest BCUT2D eigenvalue weighted by molar-refractivity contribution is -0.137. The summed E-state index contributed by atoms with van der Waals surface area (Å²) in [7, 11) is 0. The van der Waals surface area contributed by atoms with Crippen molar-refractivity contribution in [2.24, 2.45) is 0 Å². The van der Waals surface area contributed by atoms with E-state index in [0.29, 0.717) is 28.6 Å². The van der Waals surface area contributed by atoms with Crippen LogP contribution in [0.2, 0.25) is 0 Å². The first kappa shape index (κ1) is 32.0. The number of halogens is 3. The second-order valence-corrected chi connectivity index (χ2v) is 14.2. The standard InChI is InChI=1S/C46H27F3N4S/c47-46(48,49)32-22-19-28(20-23-32)35-27-31(45-51-43(29-11-3-1-4-12-29)50-44(52-45)30-13-5-2-6-14-30)21-24-37(35)53-36-17-9-7-15-33(36)41-38(53)25-26-40-42(41)34-16-8-10-18-39(34)54-40/h1-27H. The average Bonchev–Trinajstić information content (AvgIpc) is 3.76. The summed E-state index contributed by atoms with van der Waals surface area (Å²) in [6.45, 7) is 0. The Hall–Kier alpha value is -6.64. The number of nitrogens with zero attached hydrogens (tertiary/aromatic N) is 4. The molecule has 0 radical (unpaired) electrons. The molecule has 3 aromatic heterocycles. The molecule has 0 aliphatic carbocycles. The average molecular weight is 725 g/mol. The van der Waals surface area contributed by atoms with E-state index in [4.69, 9.17) is 15.0 Å². The van der Waals surface area contributed by atoms with Crippen molar-refractivity contribution >= 4 is 53.3 Å². The van der Waals surface area contributed by atoms with Crippen LogP contribution in [0.4, 0.5) is 13.2 Å². The number of thiophene rings is 1. The van der Waals surface area contributed by atoms with Gasteiger partial charge in [0.2, 0.25) is 0 Å². The van der Waals surface area contributed by atoms with Crippen molar-refractivity contribution in [3.05, 3.63) is 169 Å². The third kappa shape index (κ3) is 5.33. The van der Waals surface area contributed by atoms with Crippen LogP contribution < -0.4 is 0 Å². The molecule has 0 saturated carbocycles. The third-order valence-electron chi connectivity index (χ3n) is 9.89. The molecule has 7 aromatic carbocycles. The van der Waals surface area contributed by atoms with Crippen LogP contribution in [0.25, 0.3) is 93.0 Å². The summed E-state index contributed by atoms with van der Waals surface area (Å²) in [6.07, 6.45) is -4.46. The van der Waals surface area contributed by atoms with Crippen LogP contribution in [-0.2, 0) is 6.18 Å². The van der Waals surface area contributed by atoms with Gasteiger partial charge in [-0.05, 0) is 60.2 Å². The van der Waals surface area contributed by atoms with Crippen molar-refractivity contribution in [1.29, 1.82) is 0 Å². The first-order valence-corrected chi connectivity index (χ1v) is 18.3. The molecule has 0 N–H and O–H groups in total. The third-order valence-corrected chi connectivity index (χ3v) is 11.0. The number of para-hydroxylation sites is 1. The Bertz CT molecular complexity index is 2970. The topological polar surface area (TPSA) is 43.6 Å². The van der Waals surface area contributed by atoms with Gasteiger partial charge in [0.1, 0.15) is 0 Å². The van der Waals surface area contributed by atoms with E-state index in [2.05, 4.69) is 59.2 Å². The zero-order valence-corrected chi connectivity index (χ0v) is 29.2. The molecule has 0 spiro atoms. The molecule has 0 fully saturated rings. The SMILES string of the molecule is FC(F)(F)c1ccc(-c2cc(-c3nc(-c4ccccc4)nc(-c4ccccc4)n3)ccc2-n2c3ccccc3c3c4c(ccc32)sc2ccccc24)cc1. The number of fused-ring (bicyclic) bond motifs is 7. The van der Waals surface area contributed by atoms with E-state index in [-0.39, 0.29) is 0 Å². The highest BCUT2D eigenvalue weighted by atomic mass is 32.1. The number of alkyl halides is 3. The Morgan fingerprint density at radius 1 is 0.444 bits per heavy atom. The van der Waals surface area contributed by atoms with Gasteiger partial charge in [0.05, 0.1) is 22.3 Å². The smallest absolute Gasteiger partial charge is 0.309 e. The van der Waals surface area contributed by atoms with E-state index < -0.39 is 11.7 Å². The largest absolute Gasteiger partial charge is 0.416 e. The molecule has 0 atom stereocenters. The lowest BCUT2D eigenvalue weighted by Crippen LogP contribution is -2.04. The number of hydrogen-bond acceptors (Lipinski definition) is 4. The Morgan fingerprint density at radius 3 is 1.69 bits per heavy atom. The molecule has 8 heteroatoms. The quantitative estimate of drug-likeness (QED) is 0.177. The molecule has 0 bridgehead atoms. The minimum Gasteiger partial charge on any atom is -0.309 e. The fourth-order valence-electron chi connectivity index (χ4n) is 7.41. The Kier molecular flexibility index (Phi) is 7.42. The summed E-state index contributed by atoms with van der Waals surface area (Å²) < 4.78 is 46.0. The summed E-state index contributed by atoms with van der Waals surface area (Å²) in [5.41, 5.74) is 5.88. The van der Waals surface area contributed by atoms with Gasteiger partial charge in [-0.2, -0.15) is 13.2 Å². The number of hydrogen-bond donors (Lipinski definition) is 0. The fraction of sp³-hybridized carbons (Fsp3) is 0.0217. The zero-order chi connectivity index (χ0) is 36.4. The summed E-state index contributed by atoms with van der Waals surface area (Å²) in [6, 6.07) is 52.0. The van der Waals surface area contributed by atoms with Crippen molar-refractivity contribution in [1.82, 2.24) is 19.5 Å². The lowest BCUT2D eigenvalue weighted by Gasteiger charge is -2.17. The molecule has 0 amide bonds. The molecule has 3 heterocycles. The maximum absolute atomic E-state index is 13.8. The number of aromatic nitrogens is 4. The van der Waals surface area contributed by atoms with E-state index in [0.717, 1.165) is 56.3 Å². The number of benzene rings is 7. The van der Waals surface area contributed by atoms with Gasteiger partial charge in [-0.1, -0.05) is 109 Å². The van der Waals surface area contributed by atoms with Crippen molar-refractivity contribution in [3.63, 3.8) is 0 Å². The van der Waals surface area contributed by atoms with Crippen LogP contribution in [-0.4, -0.2) is 19.5 Å². The summed E-state index contributed by atoms with van der Waals surface area (Å²) >= 11 is 1.77. The van der Waals surface area contributed by atoms with E-state index in [1.54, 1.807) is 23.5 Å². The van der Waals surface area contributed by atoms with Gasteiger partial charge in [0, 0.05) is 53.2 Å². The lowest BCUT2D eigenvalue weighted by atomic mass is 9.98. The Balaban J connectivity index is 1.25. The minimum atomic E-state index is -4.46. The highest BCUT2D eigenvalue weighted by Crippen LogP contribution is 2.45. The van der Waals surface area contributed by atoms with Gasteiger partial charge >= 0.3 is 6.18 Å². The first-order valence-electron chi connectivity index (χ1n) is 17.4. The van der Waals surface area contributed by atoms with Crippen molar-refractivity contribution in [3.8, 4) is 51.0 Å². The van der Waals surface area contributed by atoms with Crippen molar-refractivity contribution < 1.29 is 13.2 Å². The summed E-state index contributed by atoms with van der Waals surface area (Å²) in [5, 5.41) is 4.63. The molecule has 10 rings (SSSR count). The van der Waals surface area contributed by atoms with E-state index in [9.17, 15) is 13.2 Å². The normalized spacial score (nSPS) is 12.0. The Labute approximate surface area is 311 Å². The molecule has 0 saturated heterocycles. The van der Waals surface area contributed by atoms with E-state index >= 15 is 0 Å². The van der Waals surface area contributed by atoms with Gasteiger partial charge in [-0.15, -0.1) is 11.3 Å². The van der Waals surface area contributed by atoms with Gasteiger partial charge in [0.25, 0.3) is 0 Å². The van der Waals surface area contributed by atoms with Gasteiger partial charge in [-0.25, -0.2) is 15.0 Å². The summed E-state index contributed by atoms with van der Waals surface area (Å²) in [5.74, 6) is 1.50. The van der Waals surface area contributed by atoms with E-state index in [1.165, 1.54) is 20.2 Å². The molecule has 0 unspecified atom stereocenters. The minimum absolute atomic E-state index is 0.455. The molecule has 54 heavy (non-hydrogen) atoms. The maximum Gasteiger partial charge on any atom is 0.416 e. The second kappa shape index (κ2) is 12.5. The first-order chi connectivity index (χ1) is 26.4. The van der Waals surface area contributed by atoms with Gasteiger partial charge in [0.15, 0.2) is 17.5 Å². The summed E-state index contributed by atoms with van der Waals surface area (Å²) in [4.78, 5) is 14.8. The van der Waals surface area contributed by atoms with Gasteiger partial charge < -0.3 is 4.57 Å². The molecule has 10 aromatic rings. The van der Waals surface area contributed by atoms with Crippen LogP contribution >= 0.6 is 11.3 Å². The predicted molar refractivity (Wildman–Crippen MR) is 214 cm³/mol. The van der Waals surface area contributed by atoms with E-state index in [1.807, 2.05) is 84.9 Å². The Morgan fingerprint density at radius 2 is 1.02 bits per heavy atom. The molecular formula is C46H27F3N4S. The van der Waals surface area contributed by atoms with Crippen molar-refractivity contribution in [2.45, 2.75) is 6.18 Å². The zero-order valence-electron chi connectivity index (χ0n) is 28.4. The second-order valence-electron chi connectivity index (χ2n) is 13.1.